The highest BCUT2D eigenvalue weighted by molar-refractivity contribution is 5.94. The van der Waals surface area contributed by atoms with E-state index in [9.17, 15) is 4.79 Å². The fourth-order valence-electron chi connectivity index (χ4n) is 2.77. The van der Waals surface area contributed by atoms with Gasteiger partial charge in [-0.05, 0) is 37.1 Å². The van der Waals surface area contributed by atoms with Gasteiger partial charge in [0.1, 0.15) is 0 Å². The fraction of sp³-hybridized carbons (Fsp3) is 0.588. The van der Waals surface area contributed by atoms with Crippen LogP contribution in [-0.4, -0.2) is 43.0 Å². The van der Waals surface area contributed by atoms with E-state index in [0.717, 1.165) is 44.3 Å². The summed E-state index contributed by atoms with van der Waals surface area (Å²) < 4.78 is 0. The molecule has 1 aromatic carbocycles. The van der Waals surface area contributed by atoms with Crippen LogP contribution in [0.4, 0.5) is 0 Å². The first-order valence-corrected chi connectivity index (χ1v) is 8.08. The highest BCUT2D eigenvalue weighted by Gasteiger charge is 2.27. The Bertz CT molecular complexity index is 487. The number of nitrogens with one attached hydrogen (secondary N) is 2. The molecule has 0 spiro atoms. The molecule has 1 aliphatic heterocycles. The van der Waals surface area contributed by atoms with Gasteiger partial charge in [0, 0.05) is 43.7 Å². The Labute approximate surface area is 151 Å². The molecule has 6 heteroatoms. The average Bonchev–Trinajstić information content (AvgIpc) is 3.28. The molecule has 1 heterocycles. The normalized spacial score (nSPS) is 17.0. The first-order valence-electron chi connectivity index (χ1n) is 8.08. The molecule has 1 amide bonds. The number of carbonyl (C=O) groups excluding carboxylic acids is 1. The summed E-state index contributed by atoms with van der Waals surface area (Å²) in [6.45, 7) is 7.13. The second-order valence-corrected chi connectivity index (χ2v) is 6.23. The van der Waals surface area contributed by atoms with E-state index < -0.39 is 0 Å². The second-order valence-electron chi connectivity index (χ2n) is 6.23. The van der Waals surface area contributed by atoms with Gasteiger partial charge in [-0.15, -0.1) is 24.8 Å². The Morgan fingerprint density at radius 3 is 2.35 bits per heavy atom. The van der Waals surface area contributed by atoms with Crippen molar-refractivity contribution in [3.63, 3.8) is 0 Å². The molecule has 23 heavy (non-hydrogen) atoms. The van der Waals surface area contributed by atoms with Gasteiger partial charge in [0.2, 0.25) is 0 Å². The summed E-state index contributed by atoms with van der Waals surface area (Å²) >= 11 is 0. The Kier molecular flexibility index (Phi) is 8.34. The van der Waals surface area contributed by atoms with Gasteiger partial charge in [-0.2, -0.15) is 0 Å². The molecule has 1 aliphatic carbocycles. The minimum Gasteiger partial charge on any atom is -0.352 e. The predicted molar refractivity (Wildman–Crippen MR) is 98.7 cm³/mol. The minimum absolute atomic E-state index is 0. The average molecular weight is 360 g/mol. The number of halogens is 2. The van der Waals surface area contributed by atoms with Gasteiger partial charge in [-0.1, -0.05) is 19.1 Å². The van der Waals surface area contributed by atoms with Crippen LogP contribution in [0.1, 0.15) is 35.7 Å². The van der Waals surface area contributed by atoms with E-state index in [1.54, 1.807) is 0 Å². The third-order valence-corrected chi connectivity index (χ3v) is 4.49. The van der Waals surface area contributed by atoms with Crippen LogP contribution in [0.25, 0.3) is 0 Å². The smallest absolute Gasteiger partial charge is 0.251 e. The van der Waals surface area contributed by atoms with Crippen LogP contribution in [0.15, 0.2) is 24.3 Å². The SMILES string of the molecule is CCN(Cc1ccc(C(=O)NCC2CNC2)cc1)C1CC1.Cl.Cl. The zero-order chi connectivity index (χ0) is 14.7. The molecule has 2 aliphatic rings. The number of hydrogen-bond donors (Lipinski definition) is 2. The molecule has 0 aromatic heterocycles. The van der Waals surface area contributed by atoms with E-state index in [2.05, 4.69) is 34.6 Å². The first-order chi connectivity index (χ1) is 10.3. The van der Waals surface area contributed by atoms with Crippen molar-refractivity contribution >= 4 is 30.7 Å². The van der Waals surface area contributed by atoms with Gasteiger partial charge >= 0.3 is 0 Å². The van der Waals surface area contributed by atoms with Gasteiger partial charge in [-0.25, -0.2) is 0 Å². The summed E-state index contributed by atoms with van der Waals surface area (Å²) in [5.41, 5.74) is 2.06. The van der Waals surface area contributed by atoms with Crippen LogP contribution in [0.3, 0.4) is 0 Å². The zero-order valence-electron chi connectivity index (χ0n) is 13.6. The van der Waals surface area contributed by atoms with Crippen molar-refractivity contribution in [2.75, 3.05) is 26.2 Å². The number of carbonyl (C=O) groups is 1. The van der Waals surface area contributed by atoms with Crippen LogP contribution in [-0.2, 0) is 6.54 Å². The van der Waals surface area contributed by atoms with Crippen molar-refractivity contribution in [3.8, 4) is 0 Å². The lowest BCUT2D eigenvalue weighted by Gasteiger charge is -2.27. The molecule has 0 bridgehead atoms. The molecule has 2 N–H and O–H groups in total. The lowest BCUT2D eigenvalue weighted by atomic mass is 10.0. The summed E-state index contributed by atoms with van der Waals surface area (Å²) in [5.74, 6) is 0.646. The van der Waals surface area contributed by atoms with E-state index >= 15 is 0 Å². The van der Waals surface area contributed by atoms with Crippen molar-refractivity contribution in [1.29, 1.82) is 0 Å². The van der Waals surface area contributed by atoms with Crippen LogP contribution in [0.5, 0.6) is 0 Å². The van der Waals surface area contributed by atoms with Crippen molar-refractivity contribution in [2.45, 2.75) is 32.4 Å². The molecule has 130 valence electrons. The van der Waals surface area contributed by atoms with E-state index in [1.165, 1.54) is 18.4 Å². The highest BCUT2D eigenvalue weighted by Crippen LogP contribution is 2.27. The topological polar surface area (TPSA) is 44.4 Å². The number of amides is 1. The van der Waals surface area contributed by atoms with Crippen LogP contribution < -0.4 is 10.6 Å². The molecule has 2 fully saturated rings. The summed E-state index contributed by atoms with van der Waals surface area (Å²) in [6, 6.07) is 8.86. The zero-order valence-corrected chi connectivity index (χ0v) is 15.2. The van der Waals surface area contributed by atoms with Crippen LogP contribution >= 0.6 is 24.8 Å². The molecule has 4 nitrogen and oxygen atoms in total. The highest BCUT2D eigenvalue weighted by atomic mass is 35.5. The molecule has 1 saturated heterocycles. The molecular weight excluding hydrogens is 333 g/mol. The minimum atomic E-state index is 0. The number of rotatable bonds is 7. The van der Waals surface area contributed by atoms with Crippen molar-refractivity contribution in [2.24, 2.45) is 5.92 Å². The number of hydrogen-bond acceptors (Lipinski definition) is 3. The second kappa shape index (κ2) is 9.48. The Balaban J connectivity index is 0.00000132. The van der Waals surface area contributed by atoms with Crippen molar-refractivity contribution in [1.82, 2.24) is 15.5 Å². The largest absolute Gasteiger partial charge is 0.352 e. The third-order valence-electron chi connectivity index (χ3n) is 4.49. The number of nitrogens with zero attached hydrogens (tertiary/aromatic N) is 1. The molecule has 1 saturated carbocycles. The maximum absolute atomic E-state index is 12.1. The van der Waals surface area contributed by atoms with Crippen molar-refractivity contribution < 1.29 is 4.79 Å². The quantitative estimate of drug-likeness (QED) is 0.785. The molecular formula is C17H27Cl2N3O. The first kappa shape index (κ1) is 20.2. The van der Waals surface area contributed by atoms with Gasteiger partial charge < -0.3 is 10.6 Å². The molecule has 3 rings (SSSR count). The van der Waals surface area contributed by atoms with Gasteiger partial charge in [0.05, 0.1) is 0 Å². The monoisotopic (exact) mass is 359 g/mol. The Morgan fingerprint density at radius 2 is 1.87 bits per heavy atom. The molecule has 0 atom stereocenters. The van der Waals surface area contributed by atoms with E-state index in [-0.39, 0.29) is 30.7 Å². The Morgan fingerprint density at radius 1 is 1.22 bits per heavy atom. The van der Waals surface area contributed by atoms with Gasteiger partial charge in [0.15, 0.2) is 0 Å². The standard InChI is InChI=1S/C17H25N3O.2ClH/c1-2-20(16-7-8-16)12-13-3-5-15(6-4-13)17(21)19-11-14-9-18-10-14;;/h3-6,14,16,18H,2,7-12H2,1H3,(H,19,21);2*1H. The lowest BCUT2D eigenvalue weighted by Crippen LogP contribution is -2.48. The summed E-state index contributed by atoms with van der Waals surface area (Å²) in [5, 5.41) is 6.23. The molecule has 0 unspecified atom stereocenters. The van der Waals surface area contributed by atoms with Crippen molar-refractivity contribution in [3.05, 3.63) is 35.4 Å². The van der Waals surface area contributed by atoms with E-state index in [4.69, 9.17) is 0 Å². The molecule has 1 aromatic rings. The Hall–Kier alpha value is -0.810. The van der Waals surface area contributed by atoms with Crippen LogP contribution in [0, 0.1) is 5.92 Å². The predicted octanol–water partition coefficient (Wildman–Crippen LogP) is 2.46. The van der Waals surface area contributed by atoms with E-state index in [0.29, 0.717) is 5.92 Å². The fourth-order valence-corrected chi connectivity index (χ4v) is 2.77. The summed E-state index contributed by atoms with van der Waals surface area (Å²) in [4.78, 5) is 14.6. The number of benzene rings is 1. The third kappa shape index (κ3) is 5.64. The van der Waals surface area contributed by atoms with Gasteiger partial charge in [-0.3, -0.25) is 9.69 Å². The van der Waals surface area contributed by atoms with Gasteiger partial charge in [0.25, 0.3) is 5.91 Å². The lowest BCUT2D eigenvalue weighted by molar-refractivity contribution is 0.0942. The van der Waals surface area contributed by atoms with E-state index in [1.807, 2.05) is 12.1 Å². The maximum Gasteiger partial charge on any atom is 0.251 e. The summed E-state index contributed by atoms with van der Waals surface area (Å²) in [7, 11) is 0. The summed E-state index contributed by atoms with van der Waals surface area (Å²) in [6.07, 6.45) is 2.68. The van der Waals surface area contributed by atoms with Crippen LogP contribution in [0.2, 0.25) is 0 Å². The molecule has 0 radical (unpaired) electrons. The maximum atomic E-state index is 12.1.